The third kappa shape index (κ3) is 3.81. The Kier molecular flexibility index (Phi) is 4.91. The highest BCUT2D eigenvalue weighted by Gasteiger charge is 2.10. The summed E-state index contributed by atoms with van der Waals surface area (Å²) in [7, 11) is 0. The van der Waals surface area contributed by atoms with Crippen LogP contribution in [0.25, 0.3) is 23.6 Å². The van der Waals surface area contributed by atoms with Crippen molar-refractivity contribution in [1.82, 2.24) is 10.1 Å². The fourth-order valence-electron chi connectivity index (χ4n) is 2.13. The van der Waals surface area contributed by atoms with Crippen molar-refractivity contribution >= 4 is 12.2 Å². The van der Waals surface area contributed by atoms with Crippen LogP contribution in [-0.4, -0.2) is 21.9 Å². The van der Waals surface area contributed by atoms with Gasteiger partial charge in [0.25, 0.3) is 5.89 Å². The lowest BCUT2D eigenvalue weighted by atomic mass is 10.2. The monoisotopic (exact) mass is 322 g/mol. The van der Waals surface area contributed by atoms with Crippen molar-refractivity contribution in [2.75, 3.05) is 6.61 Å². The molecule has 0 fully saturated rings. The summed E-state index contributed by atoms with van der Waals surface area (Å²) in [5.74, 6) is 1.70. The normalized spacial score (nSPS) is 11.0. The second kappa shape index (κ2) is 7.46. The van der Waals surface area contributed by atoms with Crippen molar-refractivity contribution in [3.63, 3.8) is 0 Å². The van der Waals surface area contributed by atoms with E-state index in [4.69, 9.17) is 9.26 Å². The van der Waals surface area contributed by atoms with E-state index in [2.05, 4.69) is 17.1 Å². The van der Waals surface area contributed by atoms with E-state index in [0.717, 1.165) is 17.7 Å². The number of benzene rings is 2. The van der Waals surface area contributed by atoms with E-state index in [9.17, 15) is 5.11 Å². The van der Waals surface area contributed by atoms with E-state index < -0.39 is 0 Å². The molecule has 2 aromatic carbocycles. The molecule has 0 unspecified atom stereocenters. The fourth-order valence-corrected chi connectivity index (χ4v) is 2.13. The third-order valence-corrected chi connectivity index (χ3v) is 3.35. The molecule has 1 N–H and O–H groups in total. The minimum Gasteiger partial charge on any atom is -0.507 e. The zero-order valence-corrected chi connectivity index (χ0v) is 13.3. The number of rotatable bonds is 6. The maximum atomic E-state index is 9.81. The SMILES string of the molecule is CCCOc1ccc(/C=C/c2noc(-c3ccccc3O)n2)cc1. The molecule has 0 aliphatic carbocycles. The van der Waals surface area contributed by atoms with Crippen LogP contribution in [0.4, 0.5) is 0 Å². The van der Waals surface area contributed by atoms with Crippen molar-refractivity contribution in [3.05, 3.63) is 59.9 Å². The number of phenolic OH excluding ortho intramolecular Hbond substituents is 1. The largest absolute Gasteiger partial charge is 0.507 e. The summed E-state index contributed by atoms with van der Waals surface area (Å²) < 4.78 is 10.7. The molecule has 1 aromatic heterocycles. The zero-order valence-electron chi connectivity index (χ0n) is 13.3. The molecule has 0 amide bonds. The van der Waals surface area contributed by atoms with E-state index in [-0.39, 0.29) is 11.6 Å². The molecule has 0 saturated heterocycles. The highest BCUT2D eigenvalue weighted by atomic mass is 16.5. The maximum absolute atomic E-state index is 9.81. The molecule has 5 nitrogen and oxygen atoms in total. The molecule has 24 heavy (non-hydrogen) atoms. The average molecular weight is 322 g/mol. The number of aromatic hydroxyl groups is 1. The molecule has 0 aliphatic rings. The number of nitrogens with zero attached hydrogens (tertiary/aromatic N) is 2. The smallest absolute Gasteiger partial charge is 0.261 e. The van der Waals surface area contributed by atoms with Crippen LogP contribution in [0.2, 0.25) is 0 Å². The van der Waals surface area contributed by atoms with Gasteiger partial charge in [-0.3, -0.25) is 0 Å². The molecule has 3 aromatic rings. The lowest BCUT2D eigenvalue weighted by Crippen LogP contribution is -1.94. The van der Waals surface area contributed by atoms with Gasteiger partial charge in [-0.2, -0.15) is 4.98 Å². The highest BCUT2D eigenvalue weighted by molar-refractivity contribution is 5.68. The van der Waals surface area contributed by atoms with Crippen molar-refractivity contribution < 1.29 is 14.4 Å². The minimum atomic E-state index is 0.111. The minimum absolute atomic E-state index is 0.111. The molecule has 0 radical (unpaired) electrons. The number of hydrogen-bond donors (Lipinski definition) is 1. The standard InChI is InChI=1S/C19H18N2O3/c1-2-13-23-15-10-7-14(8-11-15)9-12-18-20-19(24-21-18)16-5-3-4-6-17(16)22/h3-12,22H,2,13H2,1H3/b12-9+. The molecule has 5 heteroatoms. The van der Waals surface area contributed by atoms with Crippen LogP contribution < -0.4 is 4.74 Å². The number of aromatic nitrogens is 2. The maximum Gasteiger partial charge on any atom is 0.261 e. The number of ether oxygens (including phenoxy) is 1. The summed E-state index contributed by atoms with van der Waals surface area (Å²) in [5, 5.41) is 13.7. The first-order valence-electron chi connectivity index (χ1n) is 7.79. The summed E-state index contributed by atoms with van der Waals surface area (Å²) in [6.45, 7) is 2.79. The number of para-hydroxylation sites is 1. The van der Waals surface area contributed by atoms with Gasteiger partial charge in [-0.25, -0.2) is 0 Å². The second-order valence-corrected chi connectivity index (χ2v) is 5.23. The Morgan fingerprint density at radius 2 is 1.88 bits per heavy atom. The van der Waals surface area contributed by atoms with Crippen molar-refractivity contribution in [3.8, 4) is 23.0 Å². The lowest BCUT2D eigenvalue weighted by Gasteiger charge is -2.03. The topological polar surface area (TPSA) is 68.4 Å². The molecule has 0 saturated carbocycles. The second-order valence-electron chi connectivity index (χ2n) is 5.23. The first-order chi connectivity index (χ1) is 11.8. The van der Waals surface area contributed by atoms with E-state index in [0.29, 0.717) is 18.0 Å². The van der Waals surface area contributed by atoms with Crippen LogP contribution in [0.15, 0.2) is 53.1 Å². The van der Waals surface area contributed by atoms with Gasteiger partial charge in [0.1, 0.15) is 11.5 Å². The highest BCUT2D eigenvalue weighted by Crippen LogP contribution is 2.27. The zero-order chi connectivity index (χ0) is 16.8. The van der Waals surface area contributed by atoms with E-state index in [1.807, 2.05) is 30.3 Å². The van der Waals surface area contributed by atoms with Gasteiger partial charge in [-0.05, 0) is 42.3 Å². The van der Waals surface area contributed by atoms with Gasteiger partial charge in [0.15, 0.2) is 5.82 Å². The van der Waals surface area contributed by atoms with E-state index >= 15 is 0 Å². The first kappa shape index (κ1) is 15.8. The summed E-state index contributed by atoms with van der Waals surface area (Å²) in [6, 6.07) is 14.6. The Bertz CT molecular complexity index is 823. The average Bonchev–Trinajstić information content (AvgIpc) is 3.08. The Balaban J connectivity index is 1.70. The third-order valence-electron chi connectivity index (χ3n) is 3.35. The van der Waals surface area contributed by atoms with Crippen LogP contribution in [0.3, 0.4) is 0 Å². The Morgan fingerprint density at radius 3 is 2.62 bits per heavy atom. The van der Waals surface area contributed by atoms with Crippen LogP contribution in [0, 0.1) is 0 Å². The van der Waals surface area contributed by atoms with Crippen LogP contribution in [0.1, 0.15) is 24.7 Å². The van der Waals surface area contributed by atoms with Gasteiger partial charge >= 0.3 is 0 Å². The summed E-state index contributed by atoms with van der Waals surface area (Å²) in [4.78, 5) is 4.27. The van der Waals surface area contributed by atoms with Gasteiger partial charge in [-0.1, -0.05) is 42.4 Å². The Morgan fingerprint density at radius 1 is 1.08 bits per heavy atom. The van der Waals surface area contributed by atoms with Gasteiger partial charge in [0.05, 0.1) is 12.2 Å². The molecule has 3 rings (SSSR count). The van der Waals surface area contributed by atoms with Gasteiger partial charge in [0, 0.05) is 0 Å². The fraction of sp³-hybridized carbons (Fsp3) is 0.158. The van der Waals surface area contributed by atoms with Gasteiger partial charge in [-0.15, -0.1) is 0 Å². The van der Waals surface area contributed by atoms with Gasteiger partial charge < -0.3 is 14.4 Å². The molecule has 0 aliphatic heterocycles. The van der Waals surface area contributed by atoms with Crippen molar-refractivity contribution in [2.24, 2.45) is 0 Å². The molecule has 0 atom stereocenters. The van der Waals surface area contributed by atoms with Crippen LogP contribution in [0.5, 0.6) is 11.5 Å². The first-order valence-corrected chi connectivity index (χ1v) is 7.79. The molecular formula is C19H18N2O3. The molecule has 122 valence electrons. The van der Waals surface area contributed by atoms with E-state index in [1.54, 1.807) is 30.3 Å². The Hall–Kier alpha value is -3.08. The number of hydrogen-bond acceptors (Lipinski definition) is 5. The summed E-state index contributed by atoms with van der Waals surface area (Å²) in [6.07, 6.45) is 4.64. The van der Waals surface area contributed by atoms with Crippen LogP contribution in [-0.2, 0) is 0 Å². The number of phenols is 1. The predicted molar refractivity (Wildman–Crippen MR) is 92.6 cm³/mol. The van der Waals surface area contributed by atoms with Crippen LogP contribution >= 0.6 is 0 Å². The van der Waals surface area contributed by atoms with Gasteiger partial charge in [0.2, 0.25) is 0 Å². The summed E-state index contributed by atoms with van der Waals surface area (Å²) >= 11 is 0. The molecule has 0 spiro atoms. The molecule has 1 heterocycles. The Labute approximate surface area is 140 Å². The lowest BCUT2D eigenvalue weighted by molar-refractivity contribution is 0.317. The van der Waals surface area contributed by atoms with Crippen molar-refractivity contribution in [1.29, 1.82) is 0 Å². The molecular weight excluding hydrogens is 304 g/mol. The predicted octanol–water partition coefficient (Wildman–Crippen LogP) is 4.40. The summed E-state index contributed by atoms with van der Waals surface area (Å²) in [5.41, 5.74) is 1.52. The van der Waals surface area contributed by atoms with E-state index in [1.165, 1.54) is 0 Å². The molecule has 0 bridgehead atoms. The van der Waals surface area contributed by atoms with Crippen molar-refractivity contribution in [2.45, 2.75) is 13.3 Å². The quantitative estimate of drug-likeness (QED) is 0.728.